The lowest BCUT2D eigenvalue weighted by molar-refractivity contribution is -0.270. The molecule has 0 bridgehead atoms. The molecule has 2 aliphatic rings. The van der Waals surface area contributed by atoms with Crippen LogP contribution in [0, 0.1) is 0 Å². The summed E-state index contributed by atoms with van der Waals surface area (Å²) in [4.78, 5) is 32.9. The summed E-state index contributed by atoms with van der Waals surface area (Å²) in [5.41, 5.74) is 5.96. The van der Waals surface area contributed by atoms with Gasteiger partial charge in [-0.15, -0.1) is 11.3 Å². The van der Waals surface area contributed by atoms with E-state index in [1.165, 1.54) is 11.3 Å². The Bertz CT molecular complexity index is 1880. The molecule has 1 fully saturated rings. The predicted octanol–water partition coefficient (Wildman–Crippen LogP) is 5.76. The number of alkyl halides is 2. The van der Waals surface area contributed by atoms with E-state index < -0.39 is 36.4 Å². The fourth-order valence-corrected chi connectivity index (χ4v) is 7.94. The standard InChI is InChI=1S/C34H31F2N5O3S/c1-2-28-24(27-18-37-30-14-8-16-38-41(27)30)17-29(45-28)32(42)39-31-26(13-7-15-34(31,35)36)40(33(43)44)19-25-22-11-5-3-9-20(22)21-10-4-6-12-23(21)25/h3-6,8-12,14,16-18,25-26,31H,2,7,13,15,19H2,1H3,(H,39,42)(H,43,44)/p-1/t26-,31+/m0/s1. The first-order valence-electron chi connectivity index (χ1n) is 15.0. The normalized spacial score (nSPS) is 18.8. The van der Waals surface area contributed by atoms with Gasteiger partial charge in [-0.05, 0) is 59.7 Å². The summed E-state index contributed by atoms with van der Waals surface area (Å²) in [6.45, 7) is 1.89. The number of aryl methyl sites for hydroxylation is 1. The number of nitrogens with one attached hydrogen (secondary N) is 1. The summed E-state index contributed by atoms with van der Waals surface area (Å²) < 4.78 is 33.0. The number of rotatable bonds is 7. The molecule has 7 rings (SSSR count). The average molecular weight is 627 g/mol. The van der Waals surface area contributed by atoms with Gasteiger partial charge >= 0.3 is 0 Å². The number of amides is 2. The van der Waals surface area contributed by atoms with Crippen molar-refractivity contribution in [2.45, 2.75) is 56.5 Å². The summed E-state index contributed by atoms with van der Waals surface area (Å²) in [6.07, 6.45) is 2.23. The number of thiophene rings is 1. The van der Waals surface area contributed by atoms with Gasteiger partial charge in [-0.1, -0.05) is 55.5 Å². The van der Waals surface area contributed by atoms with E-state index in [1.807, 2.05) is 61.5 Å². The SMILES string of the molecule is CCc1sc(C(=O)N[C@@H]2[C@@H](N(CC3c4ccccc4-c4ccccc43)C(=O)[O-])CCCC2(F)F)cc1-c1cnc2cccnn12. The molecular weight excluding hydrogens is 596 g/mol. The Balaban J connectivity index is 1.20. The average Bonchev–Trinajstić information content (AvgIpc) is 3.74. The van der Waals surface area contributed by atoms with Gasteiger partial charge in [0.25, 0.3) is 11.8 Å². The Morgan fingerprint density at radius 1 is 1.07 bits per heavy atom. The molecule has 45 heavy (non-hydrogen) atoms. The molecule has 0 radical (unpaired) electrons. The highest BCUT2D eigenvalue weighted by atomic mass is 32.1. The lowest BCUT2D eigenvalue weighted by atomic mass is 9.84. The van der Waals surface area contributed by atoms with E-state index in [2.05, 4.69) is 15.4 Å². The maximum absolute atomic E-state index is 15.7. The molecular formula is C34H30F2N5O3S-. The molecule has 0 saturated heterocycles. The smallest absolute Gasteiger partial charge is 0.269 e. The van der Waals surface area contributed by atoms with Crippen molar-refractivity contribution < 1.29 is 23.5 Å². The second kappa shape index (κ2) is 11.4. The number of benzene rings is 2. The van der Waals surface area contributed by atoms with E-state index in [9.17, 15) is 14.7 Å². The van der Waals surface area contributed by atoms with E-state index in [1.54, 1.807) is 29.0 Å². The van der Waals surface area contributed by atoms with E-state index in [0.717, 1.165) is 37.6 Å². The van der Waals surface area contributed by atoms with E-state index >= 15 is 8.78 Å². The third kappa shape index (κ3) is 5.04. The van der Waals surface area contributed by atoms with Crippen molar-refractivity contribution in [1.82, 2.24) is 24.8 Å². The summed E-state index contributed by atoms with van der Waals surface area (Å²) in [7, 11) is 0. The molecule has 2 aliphatic carbocycles. The number of nitrogens with zero attached hydrogens (tertiary/aromatic N) is 4. The van der Waals surface area contributed by atoms with Crippen molar-refractivity contribution in [3.63, 3.8) is 0 Å². The monoisotopic (exact) mass is 626 g/mol. The van der Waals surface area contributed by atoms with Gasteiger partial charge in [0.1, 0.15) is 12.1 Å². The van der Waals surface area contributed by atoms with Gasteiger partial charge in [0, 0.05) is 35.5 Å². The van der Waals surface area contributed by atoms with Gasteiger partial charge < -0.3 is 20.1 Å². The highest BCUT2D eigenvalue weighted by Crippen LogP contribution is 2.46. The van der Waals surface area contributed by atoms with Crippen molar-refractivity contribution in [1.29, 1.82) is 0 Å². The van der Waals surface area contributed by atoms with Crippen molar-refractivity contribution in [2.75, 3.05) is 6.54 Å². The maximum atomic E-state index is 15.7. The first-order valence-corrected chi connectivity index (χ1v) is 15.8. The van der Waals surface area contributed by atoms with Crippen LogP contribution < -0.4 is 10.4 Å². The third-order valence-corrected chi connectivity index (χ3v) is 10.3. The lowest BCUT2D eigenvalue weighted by Gasteiger charge is -2.45. The number of fused-ring (bicyclic) bond motifs is 4. The Morgan fingerprint density at radius 2 is 1.78 bits per heavy atom. The van der Waals surface area contributed by atoms with E-state index in [0.29, 0.717) is 17.8 Å². The van der Waals surface area contributed by atoms with Gasteiger partial charge in [-0.2, -0.15) is 5.10 Å². The van der Waals surface area contributed by atoms with Crippen LogP contribution in [0.5, 0.6) is 0 Å². The molecule has 0 aliphatic heterocycles. The maximum Gasteiger partial charge on any atom is 0.269 e. The summed E-state index contributed by atoms with van der Waals surface area (Å²) in [5.74, 6) is -4.35. The Kier molecular flexibility index (Phi) is 7.35. The molecule has 2 aromatic carbocycles. The van der Waals surface area contributed by atoms with Crippen LogP contribution in [0.4, 0.5) is 13.6 Å². The van der Waals surface area contributed by atoms with Crippen LogP contribution in [-0.4, -0.2) is 56.0 Å². The molecule has 2 amide bonds. The van der Waals surface area contributed by atoms with Gasteiger partial charge in [0.2, 0.25) is 0 Å². The number of carboxylic acid groups (broad SMARTS) is 1. The van der Waals surface area contributed by atoms with Crippen LogP contribution in [0.25, 0.3) is 28.0 Å². The quantitative estimate of drug-likeness (QED) is 0.247. The number of imidazole rings is 1. The Morgan fingerprint density at radius 3 is 2.47 bits per heavy atom. The highest BCUT2D eigenvalue weighted by molar-refractivity contribution is 7.14. The predicted molar refractivity (Wildman–Crippen MR) is 165 cm³/mol. The van der Waals surface area contributed by atoms with Crippen molar-refractivity contribution in [3.8, 4) is 22.4 Å². The van der Waals surface area contributed by atoms with Crippen LogP contribution in [0.1, 0.15) is 57.8 Å². The highest BCUT2D eigenvalue weighted by Gasteiger charge is 2.50. The number of carbonyl (C=O) groups is 2. The van der Waals surface area contributed by atoms with Crippen molar-refractivity contribution >= 4 is 29.0 Å². The molecule has 8 nitrogen and oxygen atoms in total. The van der Waals surface area contributed by atoms with E-state index in [4.69, 9.17) is 0 Å². The van der Waals surface area contributed by atoms with E-state index in [-0.39, 0.29) is 30.2 Å². The van der Waals surface area contributed by atoms with Crippen LogP contribution in [-0.2, 0) is 6.42 Å². The summed E-state index contributed by atoms with van der Waals surface area (Å²) in [6, 6.07) is 17.9. The van der Waals surface area contributed by atoms with Crippen LogP contribution in [0.3, 0.4) is 0 Å². The van der Waals surface area contributed by atoms with Gasteiger partial charge in [-0.3, -0.25) is 4.79 Å². The fraction of sp³-hybridized carbons (Fsp3) is 0.294. The second-order valence-electron chi connectivity index (χ2n) is 11.6. The molecule has 2 atom stereocenters. The first kappa shape index (κ1) is 29.1. The number of aromatic nitrogens is 3. The van der Waals surface area contributed by atoms with Crippen molar-refractivity contribution in [3.05, 3.63) is 100 Å². The van der Waals surface area contributed by atoms with Crippen molar-refractivity contribution in [2.24, 2.45) is 0 Å². The molecule has 0 unspecified atom stereocenters. The molecule has 1 N–H and O–H groups in total. The zero-order valence-electron chi connectivity index (χ0n) is 24.5. The van der Waals surface area contributed by atoms with Gasteiger partial charge in [0.05, 0.1) is 22.8 Å². The Labute approximate surface area is 262 Å². The molecule has 3 heterocycles. The largest absolute Gasteiger partial charge is 0.530 e. The molecule has 3 aromatic heterocycles. The zero-order valence-corrected chi connectivity index (χ0v) is 25.3. The number of hydrogen-bond donors (Lipinski definition) is 1. The minimum absolute atomic E-state index is 0.0616. The lowest BCUT2D eigenvalue weighted by Crippen LogP contribution is -2.64. The van der Waals surface area contributed by atoms with Gasteiger partial charge in [0.15, 0.2) is 5.65 Å². The first-order chi connectivity index (χ1) is 21.8. The van der Waals surface area contributed by atoms with Gasteiger partial charge in [-0.25, -0.2) is 18.3 Å². The molecule has 11 heteroatoms. The number of halogens is 2. The Hall–Kier alpha value is -4.64. The van der Waals surface area contributed by atoms with Crippen LogP contribution in [0.2, 0.25) is 0 Å². The van der Waals surface area contributed by atoms with Crippen LogP contribution in [0.15, 0.2) is 79.1 Å². The minimum atomic E-state index is -3.32. The second-order valence-corrected chi connectivity index (χ2v) is 12.7. The molecule has 5 aromatic rings. The fourth-order valence-electron chi connectivity index (χ4n) is 6.93. The molecule has 1 saturated carbocycles. The molecule has 0 spiro atoms. The summed E-state index contributed by atoms with van der Waals surface area (Å²) in [5, 5.41) is 19.6. The van der Waals surface area contributed by atoms with Crippen LogP contribution >= 0.6 is 11.3 Å². The number of hydrogen-bond acceptors (Lipinski definition) is 6. The topological polar surface area (TPSA) is 103 Å². The summed E-state index contributed by atoms with van der Waals surface area (Å²) >= 11 is 1.22. The molecule has 230 valence electrons. The zero-order chi connectivity index (χ0) is 31.3. The number of carbonyl (C=O) groups excluding carboxylic acids is 2. The third-order valence-electron chi connectivity index (χ3n) is 9.02. The minimum Gasteiger partial charge on any atom is -0.530 e.